The van der Waals surface area contributed by atoms with Crippen LogP contribution in [0.3, 0.4) is 0 Å². The smallest absolute Gasteiger partial charge is 0.136 e. The molecule has 1 aromatic heterocycles. The van der Waals surface area contributed by atoms with E-state index in [1.165, 1.54) is 0 Å². The Morgan fingerprint density at radius 2 is 1.76 bits per heavy atom. The molecule has 96 valence electrons. The zero-order chi connectivity index (χ0) is 13.2. The fraction of sp³-hybridized carbons (Fsp3) is 0.692. The van der Waals surface area contributed by atoms with Crippen molar-refractivity contribution < 1.29 is 0 Å². The molecule has 0 radical (unpaired) electrons. The summed E-state index contributed by atoms with van der Waals surface area (Å²) in [6, 6.07) is 2.00. The number of halogens is 1. The molecule has 1 unspecified atom stereocenters. The molecule has 0 saturated carbocycles. The number of aromatic nitrogens is 2. The SMILES string of the molecule is CC(C)C(C)Sc1cc(Br)nc(C(C)(C)C)n1. The third-order valence-electron chi connectivity index (χ3n) is 2.59. The lowest BCUT2D eigenvalue weighted by atomic mass is 9.96. The summed E-state index contributed by atoms with van der Waals surface area (Å²) in [6.07, 6.45) is 0. The summed E-state index contributed by atoms with van der Waals surface area (Å²) >= 11 is 5.28. The van der Waals surface area contributed by atoms with E-state index in [9.17, 15) is 0 Å². The Morgan fingerprint density at radius 1 is 1.18 bits per heavy atom. The molecule has 0 amide bonds. The Hall–Kier alpha value is -0.0900. The number of nitrogens with zero attached hydrogens (tertiary/aromatic N) is 2. The minimum atomic E-state index is -0.0137. The van der Waals surface area contributed by atoms with Crippen molar-refractivity contribution in [3.8, 4) is 0 Å². The van der Waals surface area contributed by atoms with E-state index in [4.69, 9.17) is 0 Å². The average molecular weight is 317 g/mol. The van der Waals surface area contributed by atoms with Crippen LogP contribution in [0.5, 0.6) is 0 Å². The Bertz CT molecular complexity index is 385. The second-order valence-corrected chi connectivity index (χ2v) is 7.88. The van der Waals surface area contributed by atoms with Crippen molar-refractivity contribution in [3.05, 3.63) is 16.5 Å². The van der Waals surface area contributed by atoms with Gasteiger partial charge in [0.25, 0.3) is 0 Å². The first-order chi connectivity index (χ1) is 7.70. The molecule has 0 spiro atoms. The van der Waals surface area contributed by atoms with Crippen LogP contribution in [0, 0.1) is 5.92 Å². The Morgan fingerprint density at radius 3 is 2.24 bits per heavy atom. The van der Waals surface area contributed by atoms with Crippen LogP contribution in [-0.4, -0.2) is 15.2 Å². The lowest BCUT2D eigenvalue weighted by Gasteiger charge is -2.19. The van der Waals surface area contributed by atoms with Gasteiger partial charge in [-0.1, -0.05) is 41.5 Å². The summed E-state index contributed by atoms with van der Waals surface area (Å²) < 4.78 is 0.871. The quantitative estimate of drug-likeness (QED) is 0.598. The molecule has 0 aliphatic carbocycles. The van der Waals surface area contributed by atoms with E-state index in [2.05, 4.69) is 67.4 Å². The zero-order valence-corrected chi connectivity index (χ0v) is 13.8. The van der Waals surface area contributed by atoms with Gasteiger partial charge in [-0.25, -0.2) is 9.97 Å². The van der Waals surface area contributed by atoms with Gasteiger partial charge in [-0.15, -0.1) is 11.8 Å². The number of hydrogen-bond donors (Lipinski definition) is 0. The van der Waals surface area contributed by atoms with Crippen LogP contribution in [0.1, 0.15) is 47.4 Å². The lowest BCUT2D eigenvalue weighted by molar-refractivity contribution is 0.536. The second kappa shape index (κ2) is 5.70. The molecule has 0 aliphatic rings. The van der Waals surface area contributed by atoms with Gasteiger partial charge >= 0.3 is 0 Å². The maximum Gasteiger partial charge on any atom is 0.136 e. The first-order valence-electron chi connectivity index (χ1n) is 5.92. The molecule has 1 aromatic rings. The van der Waals surface area contributed by atoms with Crippen LogP contribution in [0.2, 0.25) is 0 Å². The second-order valence-electron chi connectivity index (χ2n) is 5.67. The third kappa shape index (κ3) is 4.59. The number of thioether (sulfide) groups is 1. The molecular weight excluding hydrogens is 296 g/mol. The minimum absolute atomic E-state index is 0.0137. The number of hydrogen-bond acceptors (Lipinski definition) is 3. The standard InChI is InChI=1S/C13H21BrN2S/c1-8(2)9(3)17-11-7-10(14)15-12(16-11)13(4,5)6/h7-9H,1-6H3. The summed E-state index contributed by atoms with van der Waals surface area (Å²) in [5, 5.41) is 1.61. The molecule has 2 nitrogen and oxygen atoms in total. The van der Waals surface area contributed by atoms with Crippen molar-refractivity contribution in [1.82, 2.24) is 9.97 Å². The zero-order valence-electron chi connectivity index (χ0n) is 11.4. The third-order valence-corrected chi connectivity index (χ3v) is 4.36. The Kier molecular flexibility index (Phi) is 5.02. The maximum absolute atomic E-state index is 4.65. The Balaban J connectivity index is 2.98. The topological polar surface area (TPSA) is 25.8 Å². The summed E-state index contributed by atoms with van der Waals surface area (Å²) in [6.45, 7) is 13.1. The van der Waals surface area contributed by atoms with Gasteiger partial charge in [-0.3, -0.25) is 0 Å². The van der Waals surface area contributed by atoms with Gasteiger partial charge in [-0.05, 0) is 21.8 Å². The first kappa shape index (κ1) is 15.0. The fourth-order valence-electron chi connectivity index (χ4n) is 1.12. The van der Waals surface area contributed by atoms with E-state index in [0.29, 0.717) is 11.2 Å². The van der Waals surface area contributed by atoms with Crippen molar-refractivity contribution >= 4 is 27.7 Å². The van der Waals surface area contributed by atoms with Crippen molar-refractivity contribution in [3.63, 3.8) is 0 Å². The van der Waals surface area contributed by atoms with Gasteiger partial charge in [-0.2, -0.15) is 0 Å². The molecule has 0 aromatic carbocycles. The van der Waals surface area contributed by atoms with Crippen LogP contribution >= 0.6 is 27.7 Å². The van der Waals surface area contributed by atoms with E-state index in [1.54, 1.807) is 0 Å². The van der Waals surface area contributed by atoms with Gasteiger partial charge in [0, 0.05) is 16.7 Å². The highest BCUT2D eigenvalue weighted by Crippen LogP contribution is 2.29. The molecule has 0 N–H and O–H groups in total. The summed E-state index contributed by atoms with van der Waals surface area (Å²) in [4.78, 5) is 9.10. The minimum Gasteiger partial charge on any atom is -0.226 e. The summed E-state index contributed by atoms with van der Waals surface area (Å²) in [5.41, 5.74) is -0.0137. The van der Waals surface area contributed by atoms with Crippen molar-refractivity contribution in [1.29, 1.82) is 0 Å². The van der Waals surface area contributed by atoms with E-state index in [-0.39, 0.29) is 5.41 Å². The van der Waals surface area contributed by atoms with Gasteiger partial charge in [0.2, 0.25) is 0 Å². The largest absolute Gasteiger partial charge is 0.226 e. The normalized spacial score (nSPS) is 14.1. The van der Waals surface area contributed by atoms with Crippen LogP contribution in [0.15, 0.2) is 15.7 Å². The van der Waals surface area contributed by atoms with E-state index >= 15 is 0 Å². The van der Waals surface area contributed by atoms with Crippen LogP contribution in [0.25, 0.3) is 0 Å². The van der Waals surface area contributed by atoms with E-state index in [1.807, 2.05) is 17.8 Å². The van der Waals surface area contributed by atoms with Crippen molar-refractivity contribution in [2.75, 3.05) is 0 Å². The molecule has 0 bridgehead atoms. The molecule has 1 rings (SSSR count). The molecule has 17 heavy (non-hydrogen) atoms. The van der Waals surface area contributed by atoms with E-state index < -0.39 is 0 Å². The highest BCUT2D eigenvalue weighted by atomic mass is 79.9. The van der Waals surface area contributed by atoms with Gasteiger partial charge in [0.1, 0.15) is 15.5 Å². The predicted octanol–water partition coefficient (Wildman–Crippen LogP) is 4.67. The highest BCUT2D eigenvalue weighted by molar-refractivity contribution is 9.10. The number of rotatable bonds is 3. The van der Waals surface area contributed by atoms with Crippen LogP contribution in [0.4, 0.5) is 0 Å². The molecular formula is C13H21BrN2S. The van der Waals surface area contributed by atoms with Gasteiger partial charge < -0.3 is 0 Å². The summed E-state index contributed by atoms with van der Waals surface area (Å²) in [5.74, 6) is 1.54. The average Bonchev–Trinajstić information content (AvgIpc) is 2.15. The molecule has 0 saturated heterocycles. The molecule has 1 atom stereocenters. The first-order valence-corrected chi connectivity index (χ1v) is 7.59. The van der Waals surface area contributed by atoms with Crippen molar-refractivity contribution in [2.24, 2.45) is 5.92 Å². The molecule has 1 heterocycles. The maximum atomic E-state index is 4.65. The predicted molar refractivity (Wildman–Crippen MR) is 78.6 cm³/mol. The fourth-order valence-corrected chi connectivity index (χ4v) is 2.63. The highest BCUT2D eigenvalue weighted by Gasteiger charge is 2.19. The van der Waals surface area contributed by atoms with E-state index in [0.717, 1.165) is 15.5 Å². The molecule has 0 aliphatic heterocycles. The van der Waals surface area contributed by atoms with Crippen LogP contribution in [-0.2, 0) is 5.41 Å². The van der Waals surface area contributed by atoms with Gasteiger partial charge in [0.05, 0.1) is 0 Å². The van der Waals surface area contributed by atoms with Gasteiger partial charge in [0.15, 0.2) is 0 Å². The monoisotopic (exact) mass is 316 g/mol. The Labute approximate surface area is 117 Å². The summed E-state index contributed by atoms with van der Waals surface area (Å²) in [7, 11) is 0. The van der Waals surface area contributed by atoms with Crippen LogP contribution < -0.4 is 0 Å². The lowest BCUT2D eigenvalue weighted by Crippen LogP contribution is -2.17. The molecule has 4 heteroatoms. The molecule has 0 fully saturated rings. The van der Waals surface area contributed by atoms with Crippen molar-refractivity contribution in [2.45, 2.75) is 57.2 Å².